The molecule has 2 rings (SSSR count). The van der Waals surface area contributed by atoms with E-state index in [2.05, 4.69) is 14.9 Å². The van der Waals surface area contributed by atoms with Crippen molar-refractivity contribution in [2.24, 2.45) is 0 Å². The van der Waals surface area contributed by atoms with E-state index in [0.29, 0.717) is 10.6 Å². The van der Waals surface area contributed by atoms with E-state index in [-0.39, 0.29) is 21.8 Å². The Balaban J connectivity index is 2.49. The van der Waals surface area contributed by atoms with Gasteiger partial charge in [-0.05, 0) is 12.1 Å². The van der Waals surface area contributed by atoms with Gasteiger partial charge in [-0.15, -0.1) is 0 Å². The monoisotopic (exact) mass is 306 g/mol. The summed E-state index contributed by atoms with van der Waals surface area (Å²) in [5.74, 6) is -0.938. The van der Waals surface area contributed by atoms with Gasteiger partial charge in [-0.2, -0.15) is 4.98 Å². The molecule has 0 N–H and O–H groups in total. The predicted octanol–water partition coefficient (Wildman–Crippen LogP) is 3.48. The Morgan fingerprint density at radius 1 is 1.28 bits per heavy atom. The van der Waals surface area contributed by atoms with E-state index in [4.69, 9.17) is 39.3 Å². The van der Waals surface area contributed by atoms with E-state index in [1.165, 1.54) is 19.2 Å². The highest BCUT2D eigenvalue weighted by Gasteiger charge is 2.20. The number of ether oxygens (including phenoxy) is 1. The maximum absolute atomic E-state index is 11.2. The van der Waals surface area contributed by atoms with Crippen LogP contribution in [0.2, 0.25) is 15.1 Å². The number of nitrogens with zero attached hydrogens (tertiary/aromatic N) is 2. The third kappa shape index (κ3) is 2.43. The van der Waals surface area contributed by atoms with Crippen molar-refractivity contribution in [3.8, 4) is 11.4 Å². The summed E-state index contributed by atoms with van der Waals surface area (Å²) in [5.41, 5.74) is 0.335. The molecule has 94 valence electrons. The van der Waals surface area contributed by atoms with Crippen molar-refractivity contribution in [3.05, 3.63) is 33.1 Å². The number of aromatic nitrogens is 2. The Kier molecular flexibility index (Phi) is 3.75. The van der Waals surface area contributed by atoms with Crippen LogP contribution in [0.5, 0.6) is 0 Å². The van der Waals surface area contributed by atoms with E-state index >= 15 is 0 Å². The van der Waals surface area contributed by atoms with Crippen LogP contribution < -0.4 is 0 Å². The summed E-state index contributed by atoms with van der Waals surface area (Å²) >= 11 is 17.8. The molecule has 0 saturated heterocycles. The molecule has 1 heterocycles. The third-order valence-electron chi connectivity index (χ3n) is 2.02. The van der Waals surface area contributed by atoms with Gasteiger partial charge in [-0.25, -0.2) is 4.79 Å². The molecule has 0 fully saturated rings. The highest BCUT2D eigenvalue weighted by atomic mass is 35.5. The maximum atomic E-state index is 11.2. The Bertz CT molecular complexity index is 589. The van der Waals surface area contributed by atoms with Crippen LogP contribution in [-0.2, 0) is 4.74 Å². The minimum atomic E-state index is -0.741. The second-order valence-electron chi connectivity index (χ2n) is 3.16. The summed E-state index contributed by atoms with van der Waals surface area (Å²) in [6.07, 6.45) is 0. The second kappa shape index (κ2) is 5.14. The van der Waals surface area contributed by atoms with E-state index in [9.17, 15) is 4.79 Å². The average molecular weight is 308 g/mol. The molecular weight excluding hydrogens is 302 g/mol. The molecule has 5 nitrogen and oxygen atoms in total. The van der Waals surface area contributed by atoms with Gasteiger partial charge in [0.2, 0.25) is 5.82 Å². The zero-order chi connectivity index (χ0) is 13.3. The van der Waals surface area contributed by atoms with Crippen LogP contribution in [-0.4, -0.2) is 23.2 Å². The molecule has 0 atom stereocenters. The Morgan fingerprint density at radius 3 is 2.44 bits per heavy atom. The van der Waals surface area contributed by atoms with Gasteiger partial charge in [-0.3, -0.25) is 0 Å². The molecule has 0 spiro atoms. The van der Waals surface area contributed by atoms with Crippen molar-refractivity contribution in [1.29, 1.82) is 0 Å². The normalized spacial score (nSPS) is 10.4. The van der Waals surface area contributed by atoms with Gasteiger partial charge < -0.3 is 9.26 Å². The first kappa shape index (κ1) is 13.1. The van der Waals surface area contributed by atoms with Crippen molar-refractivity contribution in [3.63, 3.8) is 0 Å². The molecule has 1 aromatic heterocycles. The fraction of sp³-hybridized carbons (Fsp3) is 0.100. The lowest BCUT2D eigenvalue weighted by Crippen LogP contribution is -2.01. The molecule has 0 radical (unpaired) electrons. The van der Waals surface area contributed by atoms with E-state index < -0.39 is 5.97 Å². The molecular formula is C10H5Cl3N2O3. The molecule has 0 aliphatic heterocycles. The van der Waals surface area contributed by atoms with Crippen molar-refractivity contribution >= 4 is 40.8 Å². The van der Waals surface area contributed by atoms with Crippen LogP contribution in [0.4, 0.5) is 0 Å². The Labute approximate surface area is 117 Å². The standard InChI is InChI=1S/C10H5Cl3N2O3/c1-17-10(16)9-14-8(15-18-9)7-5(12)2-4(11)3-6(7)13/h2-3H,1H3. The minimum absolute atomic E-state index is 0.0852. The lowest BCUT2D eigenvalue weighted by Gasteiger charge is -2.02. The lowest BCUT2D eigenvalue weighted by molar-refractivity contribution is 0.0545. The number of rotatable bonds is 2. The van der Waals surface area contributed by atoms with Crippen LogP contribution in [0.3, 0.4) is 0 Å². The van der Waals surface area contributed by atoms with Crippen LogP contribution in [0.25, 0.3) is 11.4 Å². The number of hydrogen-bond donors (Lipinski definition) is 0. The summed E-state index contributed by atoms with van der Waals surface area (Å²) in [6.45, 7) is 0. The largest absolute Gasteiger partial charge is 0.462 e. The SMILES string of the molecule is COC(=O)c1nc(-c2c(Cl)cc(Cl)cc2Cl)no1. The quantitative estimate of drug-likeness (QED) is 0.795. The van der Waals surface area contributed by atoms with Gasteiger partial charge >= 0.3 is 11.9 Å². The predicted molar refractivity (Wildman–Crippen MR) is 66.1 cm³/mol. The first-order valence-electron chi connectivity index (χ1n) is 4.60. The molecule has 2 aromatic rings. The third-order valence-corrected chi connectivity index (χ3v) is 2.83. The minimum Gasteiger partial charge on any atom is -0.462 e. The van der Waals surface area contributed by atoms with Crippen molar-refractivity contribution < 1.29 is 14.1 Å². The molecule has 0 saturated carbocycles. The van der Waals surface area contributed by atoms with Crippen molar-refractivity contribution in [1.82, 2.24) is 10.1 Å². The highest BCUT2D eigenvalue weighted by molar-refractivity contribution is 6.41. The number of benzene rings is 1. The van der Waals surface area contributed by atoms with Gasteiger partial charge in [0, 0.05) is 5.02 Å². The first-order valence-corrected chi connectivity index (χ1v) is 5.73. The zero-order valence-electron chi connectivity index (χ0n) is 8.91. The van der Waals surface area contributed by atoms with Gasteiger partial charge in [0.25, 0.3) is 0 Å². The van der Waals surface area contributed by atoms with E-state index in [0.717, 1.165) is 0 Å². The molecule has 0 amide bonds. The topological polar surface area (TPSA) is 65.2 Å². The van der Waals surface area contributed by atoms with E-state index in [1.54, 1.807) is 0 Å². The number of hydrogen-bond acceptors (Lipinski definition) is 5. The van der Waals surface area contributed by atoms with Crippen molar-refractivity contribution in [2.75, 3.05) is 7.11 Å². The highest BCUT2D eigenvalue weighted by Crippen LogP contribution is 2.35. The summed E-state index contributed by atoms with van der Waals surface area (Å²) in [4.78, 5) is 15.0. The van der Waals surface area contributed by atoms with Crippen LogP contribution >= 0.6 is 34.8 Å². The van der Waals surface area contributed by atoms with Crippen molar-refractivity contribution in [2.45, 2.75) is 0 Å². The first-order chi connectivity index (χ1) is 8.52. The number of halogens is 3. The van der Waals surface area contributed by atoms with Gasteiger partial charge in [0.1, 0.15) is 0 Å². The molecule has 0 aliphatic carbocycles. The van der Waals surface area contributed by atoms with Crippen LogP contribution in [0.1, 0.15) is 10.7 Å². The summed E-state index contributed by atoms with van der Waals surface area (Å²) in [6, 6.07) is 2.97. The Hall–Kier alpha value is -1.30. The Morgan fingerprint density at radius 2 is 1.89 bits per heavy atom. The fourth-order valence-corrected chi connectivity index (χ4v) is 2.24. The molecule has 18 heavy (non-hydrogen) atoms. The van der Waals surface area contributed by atoms with Gasteiger partial charge in [0.15, 0.2) is 0 Å². The number of carbonyl (C=O) groups is 1. The maximum Gasteiger partial charge on any atom is 0.397 e. The lowest BCUT2D eigenvalue weighted by atomic mass is 10.2. The smallest absolute Gasteiger partial charge is 0.397 e. The van der Waals surface area contributed by atoms with Gasteiger partial charge in [0.05, 0.1) is 22.7 Å². The molecule has 0 aliphatic rings. The average Bonchev–Trinajstić information content (AvgIpc) is 2.76. The summed E-state index contributed by atoms with van der Waals surface area (Å²) < 4.78 is 9.17. The number of carbonyl (C=O) groups excluding carboxylic acids is 1. The molecule has 8 heteroatoms. The van der Waals surface area contributed by atoms with E-state index in [1.807, 2.05) is 0 Å². The summed E-state index contributed by atoms with van der Waals surface area (Å²) in [5, 5.41) is 4.50. The zero-order valence-corrected chi connectivity index (χ0v) is 11.2. The van der Waals surface area contributed by atoms with Crippen LogP contribution in [0, 0.1) is 0 Å². The number of esters is 1. The number of methoxy groups -OCH3 is 1. The van der Waals surface area contributed by atoms with Gasteiger partial charge in [-0.1, -0.05) is 40.0 Å². The molecule has 1 aromatic carbocycles. The fourth-order valence-electron chi connectivity index (χ4n) is 1.25. The summed E-state index contributed by atoms with van der Waals surface area (Å²) in [7, 11) is 1.20. The second-order valence-corrected chi connectivity index (χ2v) is 4.41. The van der Waals surface area contributed by atoms with Crippen LogP contribution in [0.15, 0.2) is 16.7 Å². The molecule has 0 unspecified atom stereocenters. The molecule has 0 bridgehead atoms.